The number of nitriles is 1. The highest BCUT2D eigenvalue weighted by molar-refractivity contribution is 9.10. The number of aliphatic hydroxyl groups is 1. The molecule has 7 heteroatoms. The lowest BCUT2D eigenvalue weighted by Crippen LogP contribution is -2.34. The van der Waals surface area contributed by atoms with Gasteiger partial charge in [-0.3, -0.25) is 0 Å². The van der Waals surface area contributed by atoms with Gasteiger partial charge in [0.05, 0.1) is 34.7 Å². The number of carboxylic acids is 1. The van der Waals surface area contributed by atoms with Crippen molar-refractivity contribution in [2.24, 2.45) is 0 Å². The molecule has 1 unspecified atom stereocenters. The third-order valence-corrected chi connectivity index (χ3v) is 4.34. The van der Waals surface area contributed by atoms with Gasteiger partial charge in [0.1, 0.15) is 12.4 Å². The summed E-state index contributed by atoms with van der Waals surface area (Å²) >= 11 is 3.41. The van der Waals surface area contributed by atoms with E-state index in [-0.39, 0.29) is 13.2 Å². The molecule has 0 aliphatic rings. The van der Waals surface area contributed by atoms with Gasteiger partial charge in [-0.25, -0.2) is 0 Å². The molecule has 0 aliphatic heterocycles. The highest BCUT2D eigenvalue weighted by Gasteiger charge is 2.21. The standard InChI is InChI=1S/C19H19BrN2O4/c1-2-12-9-15(18(16(20)10-12)26-8-7-23)17(19(24)25)22-14-5-3-13(11-21)4-6-14/h3-6,9-10,17,22-23H,2,7-8H2,1H3,(H,24,25)/p-1. The van der Waals surface area contributed by atoms with Crippen molar-refractivity contribution in [3.63, 3.8) is 0 Å². The van der Waals surface area contributed by atoms with Crippen molar-refractivity contribution < 1.29 is 19.7 Å². The monoisotopic (exact) mass is 417 g/mol. The van der Waals surface area contributed by atoms with E-state index < -0.39 is 12.0 Å². The van der Waals surface area contributed by atoms with Crippen LogP contribution in [0.2, 0.25) is 0 Å². The average molecular weight is 418 g/mol. The summed E-state index contributed by atoms with van der Waals surface area (Å²) in [4.78, 5) is 11.8. The largest absolute Gasteiger partial charge is 0.548 e. The lowest BCUT2D eigenvalue weighted by molar-refractivity contribution is -0.307. The minimum absolute atomic E-state index is 0.0354. The maximum absolute atomic E-state index is 11.8. The summed E-state index contributed by atoms with van der Waals surface area (Å²) in [7, 11) is 0. The summed E-state index contributed by atoms with van der Waals surface area (Å²) in [5.74, 6) is -0.977. The molecule has 0 radical (unpaired) electrons. The lowest BCUT2D eigenvalue weighted by atomic mass is 10.0. The van der Waals surface area contributed by atoms with E-state index in [0.29, 0.717) is 33.5 Å². The number of carbonyl (C=O) groups is 1. The van der Waals surface area contributed by atoms with E-state index in [1.54, 1.807) is 30.3 Å². The number of anilines is 1. The molecule has 2 rings (SSSR count). The molecular formula is C19H18BrN2O4-. The average Bonchev–Trinajstić information content (AvgIpc) is 2.65. The Morgan fingerprint density at radius 3 is 2.62 bits per heavy atom. The van der Waals surface area contributed by atoms with Crippen LogP contribution in [-0.2, 0) is 11.2 Å². The van der Waals surface area contributed by atoms with Crippen LogP contribution < -0.4 is 15.2 Å². The Labute approximate surface area is 160 Å². The van der Waals surface area contributed by atoms with Crippen LogP contribution in [-0.4, -0.2) is 24.3 Å². The first-order chi connectivity index (χ1) is 12.5. The zero-order valence-electron chi connectivity index (χ0n) is 14.2. The molecule has 0 aliphatic carbocycles. The van der Waals surface area contributed by atoms with E-state index in [2.05, 4.69) is 21.2 Å². The van der Waals surface area contributed by atoms with Gasteiger partial charge >= 0.3 is 0 Å². The van der Waals surface area contributed by atoms with E-state index in [1.165, 1.54) is 0 Å². The fourth-order valence-corrected chi connectivity index (χ4v) is 3.10. The number of carbonyl (C=O) groups excluding carboxylic acids is 1. The molecule has 0 fully saturated rings. The van der Waals surface area contributed by atoms with Crippen LogP contribution in [0.15, 0.2) is 40.9 Å². The molecule has 136 valence electrons. The third-order valence-electron chi connectivity index (χ3n) is 3.75. The minimum atomic E-state index is -1.32. The van der Waals surface area contributed by atoms with Gasteiger partial charge in [0.15, 0.2) is 0 Å². The van der Waals surface area contributed by atoms with E-state index >= 15 is 0 Å². The number of halogens is 1. The second-order valence-electron chi connectivity index (χ2n) is 5.51. The highest BCUT2D eigenvalue weighted by Crippen LogP contribution is 2.36. The summed E-state index contributed by atoms with van der Waals surface area (Å²) < 4.78 is 6.16. The fraction of sp³-hybridized carbons (Fsp3) is 0.263. The molecular weight excluding hydrogens is 400 g/mol. The van der Waals surface area contributed by atoms with E-state index in [4.69, 9.17) is 15.1 Å². The number of benzene rings is 2. The number of aryl methyl sites for hydroxylation is 1. The molecule has 0 bridgehead atoms. The quantitative estimate of drug-likeness (QED) is 0.681. The zero-order valence-corrected chi connectivity index (χ0v) is 15.7. The van der Waals surface area contributed by atoms with Gasteiger partial charge in [-0.05, 0) is 64.3 Å². The molecule has 26 heavy (non-hydrogen) atoms. The second kappa shape index (κ2) is 9.22. The molecule has 6 nitrogen and oxygen atoms in total. The Hall–Kier alpha value is -2.56. The van der Waals surface area contributed by atoms with Gasteiger partial charge < -0.3 is 25.1 Å². The van der Waals surface area contributed by atoms with Crippen LogP contribution in [0, 0.1) is 11.3 Å². The highest BCUT2D eigenvalue weighted by atomic mass is 79.9. The first kappa shape index (κ1) is 19.8. The molecule has 0 spiro atoms. The van der Waals surface area contributed by atoms with Crippen LogP contribution in [0.5, 0.6) is 5.75 Å². The van der Waals surface area contributed by atoms with Crippen molar-refractivity contribution in [3.8, 4) is 11.8 Å². The van der Waals surface area contributed by atoms with Gasteiger partial charge in [-0.15, -0.1) is 0 Å². The molecule has 0 heterocycles. The molecule has 2 aromatic carbocycles. The topological polar surface area (TPSA) is 105 Å². The Balaban J connectivity index is 2.45. The lowest BCUT2D eigenvalue weighted by Gasteiger charge is -2.25. The second-order valence-corrected chi connectivity index (χ2v) is 6.36. The summed E-state index contributed by atoms with van der Waals surface area (Å²) in [5, 5.41) is 32.6. The van der Waals surface area contributed by atoms with Crippen molar-refractivity contribution in [2.45, 2.75) is 19.4 Å². The van der Waals surface area contributed by atoms with E-state index in [1.807, 2.05) is 19.1 Å². The Kier molecular flexibility index (Phi) is 7.01. The predicted octanol–water partition coefficient (Wildman–Crippen LogP) is 2.16. The molecule has 1 atom stereocenters. The van der Waals surface area contributed by atoms with Gasteiger partial charge in [0, 0.05) is 11.3 Å². The Bertz CT molecular complexity index is 816. The van der Waals surface area contributed by atoms with Gasteiger partial charge in [-0.1, -0.05) is 6.92 Å². The molecule has 0 aromatic heterocycles. The maximum Gasteiger partial charge on any atom is 0.139 e. The van der Waals surface area contributed by atoms with Crippen LogP contribution in [0.4, 0.5) is 5.69 Å². The minimum Gasteiger partial charge on any atom is -0.548 e. The summed E-state index contributed by atoms with van der Waals surface area (Å²) in [5.41, 5.74) is 2.33. The van der Waals surface area contributed by atoms with Crippen molar-refractivity contribution in [2.75, 3.05) is 18.5 Å². The fourth-order valence-electron chi connectivity index (χ4n) is 2.46. The Morgan fingerprint density at radius 2 is 2.08 bits per heavy atom. The van der Waals surface area contributed by atoms with E-state index in [0.717, 1.165) is 5.56 Å². The van der Waals surface area contributed by atoms with Crippen LogP contribution in [0.25, 0.3) is 0 Å². The number of aliphatic hydroxyl groups excluding tert-OH is 1. The molecule has 2 aromatic rings. The summed E-state index contributed by atoms with van der Waals surface area (Å²) in [6.07, 6.45) is 0.711. The van der Waals surface area contributed by atoms with Crippen molar-refractivity contribution >= 4 is 27.6 Å². The first-order valence-electron chi connectivity index (χ1n) is 8.03. The molecule has 0 saturated heterocycles. The number of hydrogen-bond donors (Lipinski definition) is 2. The van der Waals surface area contributed by atoms with Crippen molar-refractivity contribution in [1.29, 1.82) is 5.26 Å². The number of hydrogen-bond acceptors (Lipinski definition) is 6. The van der Waals surface area contributed by atoms with Crippen molar-refractivity contribution in [1.82, 2.24) is 0 Å². The number of carboxylic acid groups (broad SMARTS) is 1. The van der Waals surface area contributed by atoms with Crippen molar-refractivity contribution in [3.05, 3.63) is 57.6 Å². The number of rotatable bonds is 8. The van der Waals surface area contributed by atoms with E-state index in [9.17, 15) is 9.90 Å². The van der Waals surface area contributed by atoms with Gasteiger partial charge in [0.25, 0.3) is 0 Å². The third kappa shape index (κ3) is 4.75. The number of nitrogens with one attached hydrogen (secondary N) is 1. The zero-order chi connectivity index (χ0) is 19.1. The first-order valence-corrected chi connectivity index (χ1v) is 8.83. The van der Waals surface area contributed by atoms with Gasteiger partial charge in [-0.2, -0.15) is 5.26 Å². The number of ether oxygens (including phenoxy) is 1. The summed E-state index contributed by atoms with van der Waals surface area (Å²) in [6, 6.07) is 10.9. The van der Waals surface area contributed by atoms with Crippen LogP contribution in [0.3, 0.4) is 0 Å². The molecule has 0 amide bonds. The Morgan fingerprint density at radius 1 is 1.38 bits per heavy atom. The SMILES string of the molecule is CCc1cc(Br)c(OCCO)c(C(Nc2ccc(C#N)cc2)C(=O)[O-])c1. The summed E-state index contributed by atoms with van der Waals surface area (Å²) in [6.45, 7) is 1.80. The maximum atomic E-state index is 11.8. The normalized spacial score (nSPS) is 11.5. The number of aliphatic carboxylic acids is 1. The van der Waals surface area contributed by atoms with Crippen LogP contribution in [0.1, 0.15) is 29.7 Å². The van der Waals surface area contributed by atoms with Gasteiger partial charge in [0.2, 0.25) is 0 Å². The van der Waals surface area contributed by atoms with Crippen LogP contribution >= 0.6 is 15.9 Å². The predicted molar refractivity (Wildman–Crippen MR) is 98.6 cm³/mol. The smallest absolute Gasteiger partial charge is 0.139 e. The number of nitrogens with zero attached hydrogens (tertiary/aromatic N) is 1. The molecule has 0 saturated carbocycles. The molecule has 2 N–H and O–H groups in total.